The molecule has 4 nitrogen and oxygen atoms in total. The number of hydrogen-bond acceptors (Lipinski definition) is 4. The number of methoxy groups -OCH3 is 1. The molecule has 0 saturated carbocycles. The van der Waals surface area contributed by atoms with Crippen molar-refractivity contribution in [2.24, 2.45) is 0 Å². The molecule has 0 unspecified atom stereocenters. The molecule has 3 aromatic carbocycles. The Morgan fingerprint density at radius 2 is 1.83 bits per heavy atom. The fraction of sp³-hybridized carbons (Fsp3) is 0.0870. The van der Waals surface area contributed by atoms with Crippen LogP contribution in [0.3, 0.4) is 0 Å². The Morgan fingerprint density at radius 3 is 2.55 bits per heavy atom. The summed E-state index contributed by atoms with van der Waals surface area (Å²) in [6.07, 6.45) is 1.32. The second-order valence-electron chi connectivity index (χ2n) is 6.37. The highest BCUT2D eigenvalue weighted by atomic mass is 35.5. The van der Waals surface area contributed by atoms with Crippen LogP contribution in [0, 0.1) is 5.82 Å². The van der Waals surface area contributed by atoms with E-state index in [-0.39, 0.29) is 22.1 Å². The predicted octanol–water partition coefficient (Wildman–Crippen LogP) is 5.68. The summed E-state index contributed by atoms with van der Waals surface area (Å²) in [7, 11) is 1.61. The summed E-state index contributed by atoms with van der Waals surface area (Å²) >= 11 is 6.03. The van der Waals surface area contributed by atoms with E-state index >= 15 is 0 Å². The van der Waals surface area contributed by atoms with Crippen molar-refractivity contribution in [2.75, 3.05) is 7.11 Å². The van der Waals surface area contributed by atoms with Gasteiger partial charge in [0.1, 0.15) is 29.7 Å². The molecule has 0 radical (unpaired) electrons. The van der Waals surface area contributed by atoms with Gasteiger partial charge < -0.3 is 14.2 Å². The molecule has 0 aliphatic carbocycles. The first-order chi connectivity index (χ1) is 14.0. The van der Waals surface area contributed by atoms with E-state index in [1.807, 2.05) is 24.3 Å². The van der Waals surface area contributed by atoms with E-state index in [4.69, 9.17) is 25.8 Å². The van der Waals surface area contributed by atoms with Gasteiger partial charge in [0, 0.05) is 11.6 Å². The third-order valence-electron chi connectivity index (χ3n) is 4.48. The van der Waals surface area contributed by atoms with Gasteiger partial charge in [-0.05, 0) is 48.0 Å². The zero-order valence-electron chi connectivity index (χ0n) is 15.4. The molecule has 0 saturated heterocycles. The maximum atomic E-state index is 14.0. The molecule has 0 amide bonds. The zero-order chi connectivity index (χ0) is 20.4. The normalized spacial score (nSPS) is 13.9. The van der Waals surface area contributed by atoms with Crippen molar-refractivity contribution in [1.82, 2.24) is 0 Å². The van der Waals surface area contributed by atoms with Crippen molar-refractivity contribution in [2.45, 2.75) is 6.61 Å². The number of Topliss-reactive ketones (excluding diaryl/α,β-unsaturated/α-hetero) is 1. The highest BCUT2D eigenvalue weighted by molar-refractivity contribution is 6.32. The standard InChI is InChI=1S/C23H16ClFO4/c1-27-15-7-5-14(6-8-15)13-28-16-9-10-17-21(11-16)29-22(23(17)26)12-18-19(24)3-2-4-20(18)25/h2-12H,13H2,1H3/b22-12-. The Hall–Kier alpha value is -3.31. The van der Waals surface area contributed by atoms with Crippen molar-refractivity contribution < 1.29 is 23.4 Å². The Balaban J connectivity index is 1.51. The van der Waals surface area contributed by atoms with Gasteiger partial charge >= 0.3 is 0 Å². The van der Waals surface area contributed by atoms with E-state index in [9.17, 15) is 9.18 Å². The lowest BCUT2D eigenvalue weighted by Gasteiger charge is -2.08. The molecule has 1 aliphatic heterocycles. The first-order valence-corrected chi connectivity index (χ1v) is 9.21. The van der Waals surface area contributed by atoms with E-state index in [0.717, 1.165) is 11.3 Å². The van der Waals surface area contributed by atoms with Gasteiger partial charge in [0.15, 0.2) is 5.76 Å². The number of benzene rings is 3. The van der Waals surface area contributed by atoms with Crippen LogP contribution in [0.5, 0.6) is 17.2 Å². The summed E-state index contributed by atoms with van der Waals surface area (Å²) < 4.78 is 30.6. The maximum absolute atomic E-state index is 14.0. The predicted molar refractivity (Wildman–Crippen MR) is 108 cm³/mol. The van der Waals surface area contributed by atoms with Gasteiger partial charge in [0.05, 0.1) is 17.7 Å². The van der Waals surface area contributed by atoms with Crippen LogP contribution in [-0.2, 0) is 6.61 Å². The molecule has 0 spiro atoms. The summed E-state index contributed by atoms with van der Waals surface area (Å²) in [4.78, 5) is 12.6. The first-order valence-electron chi connectivity index (χ1n) is 8.83. The monoisotopic (exact) mass is 410 g/mol. The Kier molecular flexibility index (Phi) is 5.23. The highest BCUT2D eigenvalue weighted by Crippen LogP contribution is 2.36. The third kappa shape index (κ3) is 3.96. The van der Waals surface area contributed by atoms with Crippen molar-refractivity contribution in [3.8, 4) is 17.2 Å². The molecule has 3 aromatic rings. The van der Waals surface area contributed by atoms with Gasteiger partial charge in [-0.1, -0.05) is 29.8 Å². The minimum absolute atomic E-state index is 0.0132. The lowest BCUT2D eigenvalue weighted by Crippen LogP contribution is -1.99. The van der Waals surface area contributed by atoms with Crippen LogP contribution in [0.2, 0.25) is 5.02 Å². The molecule has 0 fully saturated rings. The molecule has 0 atom stereocenters. The van der Waals surface area contributed by atoms with Gasteiger partial charge in [-0.15, -0.1) is 0 Å². The van der Waals surface area contributed by atoms with Crippen LogP contribution in [0.4, 0.5) is 4.39 Å². The van der Waals surface area contributed by atoms with Crippen LogP contribution < -0.4 is 14.2 Å². The molecule has 0 aromatic heterocycles. The molecule has 4 rings (SSSR count). The van der Waals surface area contributed by atoms with Gasteiger partial charge in [0.25, 0.3) is 0 Å². The summed E-state index contributed by atoms with van der Waals surface area (Å²) in [6.45, 7) is 0.351. The van der Waals surface area contributed by atoms with E-state index in [1.54, 1.807) is 31.4 Å². The highest BCUT2D eigenvalue weighted by Gasteiger charge is 2.28. The minimum Gasteiger partial charge on any atom is -0.497 e. The second-order valence-corrected chi connectivity index (χ2v) is 6.78. The Labute approximate surface area is 172 Å². The fourth-order valence-corrected chi connectivity index (χ4v) is 3.14. The van der Waals surface area contributed by atoms with Gasteiger partial charge in [-0.25, -0.2) is 4.39 Å². The van der Waals surface area contributed by atoms with E-state index in [2.05, 4.69) is 0 Å². The second kappa shape index (κ2) is 7.97. The largest absolute Gasteiger partial charge is 0.497 e. The molecule has 29 heavy (non-hydrogen) atoms. The number of rotatable bonds is 5. The summed E-state index contributed by atoms with van der Waals surface area (Å²) in [5.74, 6) is 0.840. The fourth-order valence-electron chi connectivity index (χ4n) is 2.93. The van der Waals surface area contributed by atoms with Crippen LogP contribution in [0.1, 0.15) is 21.5 Å². The summed E-state index contributed by atoms with van der Waals surface area (Å²) in [6, 6.07) is 16.8. The number of carbonyl (C=O) groups excluding carboxylic acids is 1. The SMILES string of the molecule is COc1ccc(COc2ccc3c(c2)O/C(=C\c2c(F)cccc2Cl)C3=O)cc1. The Morgan fingerprint density at radius 1 is 1.07 bits per heavy atom. The van der Waals surface area contributed by atoms with Gasteiger partial charge in [-0.2, -0.15) is 0 Å². The Bertz CT molecular complexity index is 1090. The average Bonchev–Trinajstić information content (AvgIpc) is 3.04. The number of hydrogen-bond donors (Lipinski definition) is 0. The van der Waals surface area contributed by atoms with Crippen molar-refractivity contribution in [1.29, 1.82) is 0 Å². The van der Waals surface area contributed by atoms with Crippen LogP contribution in [0.15, 0.2) is 66.4 Å². The molecular weight excluding hydrogens is 395 g/mol. The number of carbonyl (C=O) groups is 1. The van der Waals surface area contributed by atoms with Crippen molar-refractivity contribution in [3.63, 3.8) is 0 Å². The van der Waals surface area contributed by atoms with E-state index in [1.165, 1.54) is 18.2 Å². The summed E-state index contributed by atoms with van der Waals surface area (Å²) in [5.41, 5.74) is 1.47. The van der Waals surface area contributed by atoms with Crippen molar-refractivity contribution >= 4 is 23.5 Å². The van der Waals surface area contributed by atoms with Crippen molar-refractivity contribution in [3.05, 3.63) is 94.0 Å². The minimum atomic E-state index is -0.527. The number of fused-ring (bicyclic) bond motifs is 1. The first kappa shape index (κ1) is 19.0. The smallest absolute Gasteiger partial charge is 0.231 e. The molecular formula is C23H16ClFO4. The van der Waals surface area contributed by atoms with Crippen LogP contribution in [0.25, 0.3) is 6.08 Å². The third-order valence-corrected chi connectivity index (χ3v) is 4.81. The topological polar surface area (TPSA) is 44.8 Å². The zero-order valence-corrected chi connectivity index (χ0v) is 16.2. The molecule has 1 aliphatic rings. The number of halogens is 2. The van der Waals surface area contributed by atoms with E-state index in [0.29, 0.717) is 23.7 Å². The maximum Gasteiger partial charge on any atom is 0.231 e. The lowest BCUT2D eigenvalue weighted by molar-refractivity contribution is 0.101. The molecule has 146 valence electrons. The molecule has 0 bridgehead atoms. The number of ketones is 1. The molecule has 0 N–H and O–H groups in total. The van der Waals surface area contributed by atoms with E-state index < -0.39 is 5.82 Å². The number of allylic oxidation sites excluding steroid dienone is 1. The van der Waals surface area contributed by atoms with Crippen LogP contribution in [-0.4, -0.2) is 12.9 Å². The van der Waals surface area contributed by atoms with Gasteiger partial charge in [-0.3, -0.25) is 4.79 Å². The lowest BCUT2D eigenvalue weighted by atomic mass is 10.1. The summed E-state index contributed by atoms with van der Waals surface area (Å²) in [5, 5.41) is 0.202. The molecule has 6 heteroatoms. The van der Waals surface area contributed by atoms with Crippen LogP contribution >= 0.6 is 11.6 Å². The number of ether oxygens (including phenoxy) is 3. The van der Waals surface area contributed by atoms with Gasteiger partial charge in [0.2, 0.25) is 5.78 Å². The average molecular weight is 411 g/mol. The quantitative estimate of drug-likeness (QED) is 0.507. The molecule has 1 heterocycles.